The van der Waals surface area contributed by atoms with Crippen LogP contribution < -0.4 is 9.62 Å². The number of hydrogen-bond acceptors (Lipinski definition) is 4. The molecule has 6 heteroatoms. The molecule has 20 heavy (non-hydrogen) atoms. The van der Waals surface area contributed by atoms with E-state index >= 15 is 0 Å². The van der Waals surface area contributed by atoms with Crippen LogP contribution in [0.4, 0.5) is 5.69 Å². The lowest BCUT2D eigenvalue weighted by atomic mass is 10.1. The fourth-order valence-electron chi connectivity index (χ4n) is 1.83. The molecule has 0 saturated heterocycles. The molecule has 0 spiro atoms. The summed E-state index contributed by atoms with van der Waals surface area (Å²) in [7, 11) is 0.180. The van der Waals surface area contributed by atoms with Crippen molar-refractivity contribution < 1.29 is 13.5 Å². The molecule has 0 amide bonds. The summed E-state index contributed by atoms with van der Waals surface area (Å²) < 4.78 is 27.3. The van der Waals surface area contributed by atoms with Gasteiger partial charge in [-0.05, 0) is 37.5 Å². The number of aliphatic hydroxyl groups excluding tert-OH is 1. The molecule has 1 aromatic rings. The van der Waals surface area contributed by atoms with E-state index in [1.54, 1.807) is 32.0 Å². The van der Waals surface area contributed by atoms with Gasteiger partial charge in [-0.3, -0.25) is 0 Å². The third-order valence-electron chi connectivity index (χ3n) is 3.46. The molecular formula is C14H24N2O3S. The molecule has 0 saturated carbocycles. The number of aliphatic hydroxyl groups is 1. The zero-order valence-electron chi connectivity index (χ0n) is 12.7. The van der Waals surface area contributed by atoms with E-state index in [9.17, 15) is 8.42 Å². The summed E-state index contributed by atoms with van der Waals surface area (Å²) in [5, 5.41) is 9.08. The number of sulfonamides is 1. The predicted octanol–water partition coefficient (Wildman–Crippen LogP) is 1.36. The van der Waals surface area contributed by atoms with Gasteiger partial charge in [0, 0.05) is 32.4 Å². The summed E-state index contributed by atoms with van der Waals surface area (Å²) in [5.74, 6) is -0.136. The quantitative estimate of drug-likeness (QED) is 0.832. The SMILES string of the molecule is Cc1ccc(S(=O)(=O)NC(C)C(C)CO)cc1N(C)C. The van der Waals surface area contributed by atoms with E-state index in [1.807, 2.05) is 25.9 Å². The lowest BCUT2D eigenvalue weighted by Gasteiger charge is -2.21. The minimum absolute atomic E-state index is 0.0550. The first-order valence-electron chi connectivity index (χ1n) is 6.60. The second-order valence-corrected chi connectivity index (χ2v) is 7.13. The van der Waals surface area contributed by atoms with Crippen molar-refractivity contribution in [3.8, 4) is 0 Å². The van der Waals surface area contributed by atoms with Crippen LogP contribution in [-0.4, -0.2) is 40.3 Å². The van der Waals surface area contributed by atoms with Crippen molar-refractivity contribution in [2.24, 2.45) is 5.92 Å². The van der Waals surface area contributed by atoms with Gasteiger partial charge in [-0.1, -0.05) is 13.0 Å². The Labute approximate surface area is 121 Å². The molecule has 0 aromatic heterocycles. The molecule has 1 aromatic carbocycles. The van der Waals surface area contributed by atoms with Crippen LogP contribution >= 0.6 is 0 Å². The van der Waals surface area contributed by atoms with Gasteiger partial charge >= 0.3 is 0 Å². The topological polar surface area (TPSA) is 69.6 Å². The summed E-state index contributed by atoms with van der Waals surface area (Å²) in [6.45, 7) is 5.43. The largest absolute Gasteiger partial charge is 0.396 e. The first-order valence-corrected chi connectivity index (χ1v) is 8.08. The molecular weight excluding hydrogens is 276 g/mol. The molecule has 2 unspecified atom stereocenters. The smallest absolute Gasteiger partial charge is 0.240 e. The molecule has 0 fully saturated rings. The van der Waals surface area contributed by atoms with E-state index in [1.165, 1.54) is 0 Å². The van der Waals surface area contributed by atoms with Gasteiger partial charge in [0.25, 0.3) is 0 Å². The zero-order valence-corrected chi connectivity index (χ0v) is 13.5. The molecule has 0 radical (unpaired) electrons. The van der Waals surface area contributed by atoms with Crippen molar-refractivity contribution in [3.05, 3.63) is 23.8 Å². The van der Waals surface area contributed by atoms with Crippen LogP contribution in [-0.2, 0) is 10.0 Å². The lowest BCUT2D eigenvalue weighted by Crippen LogP contribution is -2.38. The number of nitrogens with one attached hydrogen (secondary N) is 1. The van der Waals surface area contributed by atoms with E-state index in [0.29, 0.717) is 0 Å². The van der Waals surface area contributed by atoms with Crippen molar-refractivity contribution in [1.29, 1.82) is 0 Å². The van der Waals surface area contributed by atoms with Gasteiger partial charge in [-0.2, -0.15) is 0 Å². The minimum atomic E-state index is -3.58. The van der Waals surface area contributed by atoms with Crippen LogP contribution in [0.2, 0.25) is 0 Å². The number of anilines is 1. The highest BCUT2D eigenvalue weighted by Gasteiger charge is 2.21. The van der Waals surface area contributed by atoms with E-state index in [4.69, 9.17) is 5.11 Å². The van der Waals surface area contributed by atoms with Gasteiger partial charge in [0.05, 0.1) is 4.90 Å². The van der Waals surface area contributed by atoms with Crippen molar-refractivity contribution in [3.63, 3.8) is 0 Å². The molecule has 114 valence electrons. The van der Waals surface area contributed by atoms with Crippen molar-refractivity contribution in [2.45, 2.75) is 31.7 Å². The first kappa shape index (κ1) is 16.9. The maximum Gasteiger partial charge on any atom is 0.240 e. The first-order chi connectivity index (χ1) is 9.19. The summed E-state index contributed by atoms with van der Waals surface area (Å²) in [4.78, 5) is 2.12. The molecule has 0 heterocycles. The predicted molar refractivity (Wildman–Crippen MR) is 81.5 cm³/mol. The number of nitrogens with zero attached hydrogens (tertiary/aromatic N) is 1. The monoisotopic (exact) mass is 300 g/mol. The third-order valence-corrected chi connectivity index (χ3v) is 5.01. The Morgan fingerprint density at radius 1 is 1.30 bits per heavy atom. The Balaban J connectivity index is 3.07. The maximum absolute atomic E-state index is 12.3. The molecule has 5 nitrogen and oxygen atoms in total. The van der Waals surface area contributed by atoms with Crippen LogP contribution in [0.3, 0.4) is 0 Å². The van der Waals surface area contributed by atoms with E-state index in [-0.39, 0.29) is 23.5 Å². The van der Waals surface area contributed by atoms with E-state index in [2.05, 4.69) is 4.72 Å². The minimum Gasteiger partial charge on any atom is -0.396 e. The van der Waals surface area contributed by atoms with Crippen molar-refractivity contribution in [2.75, 3.05) is 25.6 Å². The maximum atomic E-state index is 12.3. The molecule has 1 rings (SSSR count). The van der Waals surface area contributed by atoms with Gasteiger partial charge in [-0.25, -0.2) is 13.1 Å². The fourth-order valence-corrected chi connectivity index (χ4v) is 3.20. The highest BCUT2D eigenvalue weighted by molar-refractivity contribution is 7.89. The van der Waals surface area contributed by atoms with Gasteiger partial charge in [0.1, 0.15) is 0 Å². The van der Waals surface area contributed by atoms with Crippen LogP contribution in [0.5, 0.6) is 0 Å². The Hall–Kier alpha value is -1.11. The standard InChI is InChI=1S/C14H24N2O3S/c1-10-6-7-13(8-14(10)16(4)5)20(18,19)15-12(3)11(2)9-17/h6-8,11-12,15,17H,9H2,1-5H3. The third kappa shape index (κ3) is 3.94. The molecule has 0 aliphatic rings. The van der Waals surface area contributed by atoms with E-state index < -0.39 is 10.0 Å². The van der Waals surface area contributed by atoms with Crippen LogP contribution in [0.15, 0.2) is 23.1 Å². The van der Waals surface area contributed by atoms with E-state index in [0.717, 1.165) is 11.3 Å². The highest BCUT2D eigenvalue weighted by Crippen LogP contribution is 2.22. The summed E-state index contributed by atoms with van der Waals surface area (Å²) in [6.07, 6.45) is 0. The Morgan fingerprint density at radius 2 is 1.90 bits per heavy atom. The molecule has 2 atom stereocenters. The second kappa shape index (κ2) is 6.56. The highest BCUT2D eigenvalue weighted by atomic mass is 32.2. The van der Waals surface area contributed by atoms with Gasteiger partial charge in [0.15, 0.2) is 0 Å². The lowest BCUT2D eigenvalue weighted by molar-refractivity contribution is 0.216. The summed E-state index contributed by atoms with van der Waals surface area (Å²) >= 11 is 0. The molecule has 2 N–H and O–H groups in total. The Morgan fingerprint density at radius 3 is 2.40 bits per heavy atom. The Bertz CT molecular complexity index is 556. The molecule has 0 aliphatic heterocycles. The fraction of sp³-hybridized carbons (Fsp3) is 0.571. The van der Waals surface area contributed by atoms with Crippen molar-refractivity contribution >= 4 is 15.7 Å². The normalized spacial score (nSPS) is 14.9. The number of aryl methyl sites for hydroxylation is 1. The second-order valence-electron chi connectivity index (χ2n) is 5.41. The number of rotatable bonds is 6. The summed E-state index contributed by atoms with van der Waals surface area (Å²) in [5.41, 5.74) is 1.89. The molecule has 0 bridgehead atoms. The zero-order chi connectivity index (χ0) is 15.5. The number of benzene rings is 1. The average molecular weight is 300 g/mol. The Kier molecular flexibility index (Phi) is 5.56. The number of hydrogen-bond donors (Lipinski definition) is 2. The van der Waals surface area contributed by atoms with Gasteiger partial charge in [0.2, 0.25) is 10.0 Å². The molecule has 0 aliphatic carbocycles. The van der Waals surface area contributed by atoms with Gasteiger partial charge in [-0.15, -0.1) is 0 Å². The summed E-state index contributed by atoms with van der Waals surface area (Å²) in [6, 6.07) is 4.73. The van der Waals surface area contributed by atoms with Crippen molar-refractivity contribution in [1.82, 2.24) is 4.72 Å². The van der Waals surface area contributed by atoms with Crippen LogP contribution in [0.1, 0.15) is 19.4 Å². The van der Waals surface area contributed by atoms with Crippen LogP contribution in [0, 0.1) is 12.8 Å². The van der Waals surface area contributed by atoms with Crippen LogP contribution in [0.25, 0.3) is 0 Å². The average Bonchev–Trinajstić information content (AvgIpc) is 2.36. The van der Waals surface area contributed by atoms with Gasteiger partial charge < -0.3 is 10.0 Å².